The fourth-order valence-corrected chi connectivity index (χ4v) is 4.14. The van der Waals surface area contributed by atoms with Crippen LogP contribution in [0.3, 0.4) is 0 Å². The molecule has 2 aromatic rings. The van der Waals surface area contributed by atoms with Crippen molar-refractivity contribution in [2.75, 3.05) is 11.9 Å². The minimum atomic E-state index is -4.63. The molecule has 182 valence electrons. The van der Waals surface area contributed by atoms with Gasteiger partial charge in [0.2, 0.25) is 0 Å². The van der Waals surface area contributed by atoms with Crippen molar-refractivity contribution < 1.29 is 30.5 Å². The largest absolute Gasteiger partial charge is 0.416 e. The van der Waals surface area contributed by atoms with Crippen LogP contribution in [0.1, 0.15) is 62.5 Å². The van der Waals surface area contributed by atoms with E-state index in [1.165, 1.54) is 24.3 Å². The molecule has 0 aliphatic rings. The molecular formula is C24H29F4NO3S. The number of allylic oxidation sites excluding steroid dienone is 1. The van der Waals surface area contributed by atoms with Crippen LogP contribution in [-0.4, -0.2) is 19.5 Å². The molecule has 0 saturated carbocycles. The number of unbranched alkanes of at least 4 members (excludes halogenated alkanes) is 7. The minimum absolute atomic E-state index is 0.0573. The van der Waals surface area contributed by atoms with Crippen LogP contribution in [0.15, 0.2) is 53.4 Å². The molecule has 2 rings (SSSR count). The first-order chi connectivity index (χ1) is 15.6. The summed E-state index contributed by atoms with van der Waals surface area (Å²) < 4.78 is 83.1. The predicted molar refractivity (Wildman–Crippen MR) is 122 cm³/mol. The first-order valence-electron chi connectivity index (χ1n) is 10.9. The molecule has 0 bridgehead atoms. The van der Waals surface area contributed by atoms with Gasteiger partial charge in [-0.3, -0.25) is 4.55 Å². The summed E-state index contributed by atoms with van der Waals surface area (Å²) in [6.07, 6.45) is 7.35. The van der Waals surface area contributed by atoms with Gasteiger partial charge < -0.3 is 5.32 Å². The summed E-state index contributed by atoms with van der Waals surface area (Å²) in [5.74, 6) is -0.989. The maximum absolute atomic E-state index is 13.7. The van der Waals surface area contributed by atoms with Gasteiger partial charge in [0.15, 0.2) is 4.90 Å². The van der Waals surface area contributed by atoms with Crippen LogP contribution < -0.4 is 5.32 Å². The number of benzene rings is 2. The molecule has 0 fully saturated rings. The second kappa shape index (κ2) is 12.7. The Balaban J connectivity index is 1.53. The summed E-state index contributed by atoms with van der Waals surface area (Å²) in [4.78, 5) is -0.725. The summed E-state index contributed by atoms with van der Waals surface area (Å²) in [6.45, 7) is 0.473. The molecule has 0 amide bonds. The molecule has 9 heteroatoms. The third kappa shape index (κ3) is 9.55. The highest BCUT2D eigenvalue weighted by Gasteiger charge is 2.29. The first kappa shape index (κ1) is 26.9. The Morgan fingerprint density at radius 3 is 2.09 bits per heavy atom. The summed E-state index contributed by atoms with van der Waals surface area (Å²) in [6, 6.07) is 8.88. The quantitative estimate of drug-likeness (QED) is 0.176. The Labute approximate surface area is 192 Å². The Bertz CT molecular complexity index is 1000. The predicted octanol–water partition coefficient (Wildman–Crippen LogP) is 7.34. The van der Waals surface area contributed by atoms with Gasteiger partial charge in [-0.05, 0) is 49.1 Å². The van der Waals surface area contributed by atoms with Gasteiger partial charge in [0, 0.05) is 6.54 Å². The molecule has 0 spiro atoms. The van der Waals surface area contributed by atoms with E-state index in [0.717, 1.165) is 75.1 Å². The molecule has 2 aromatic carbocycles. The number of halogens is 4. The number of rotatable bonds is 13. The Hall–Kier alpha value is -2.39. The molecule has 0 atom stereocenters. The van der Waals surface area contributed by atoms with E-state index >= 15 is 0 Å². The van der Waals surface area contributed by atoms with Crippen molar-refractivity contribution >= 4 is 21.9 Å². The van der Waals surface area contributed by atoms with E-state index in [1.54, 1.807) is 0 Å². The summed E-state index contributed by atoms with van der Waals surface area (Å²) in [5.41, 5.74) is 0.160. The molecule has 0 aromatic heterocycles. The Morgan fingerprint density at radius 2 is 1.48 bits per heavy atom. The maximum atomic E-state index is 13.7. The smallest absolute Gasteiger partial charge is 0.384 e. The van der Waals surface area contributed by atoms with Crippen molar-refractivity contribution in [2.45, 2.75) is 62.4 Å². The number of alkyl halides is 3. The standard InChI is InChI=1S/C24H29F4NO3S/c25-21-12-10-13-22(23(21)33(30,31)32)29-18-9-7-5-3-1-2-4-6-8-11-19-14-16-20(17-15-19)24(26,27)28/h8,10-17,29H,1-7,9,18H2,(H,30,31,32)/b11-8+. The highest BCUT2D eigenvalue weighted by Crippen LogP contribution is 2.29. The zero-order chi connectivity index (χ0) is 24.3. The van der Waals surface area contributed by atoms with E-state index in [-0.39, 0.29) is 5.69 Å². The summed E-state index contributed by atoms with van der Waals surface area (Å²) in [7, 11) is -4.63. The maximum Gasteiger partial charge on any atom is 0.416 e. The lowest BCUT2D eigenvalue weighted by molar-refractivity contribution is -0.137. The summed E-state index contributed by atoms with van der Waals surface area (Å²) >= 11 is 0. The van der Waals surface area contributed by atoms with Crippen LogP contribution in [0, 0.1) is 5.82 Å². The van der Waals surface area contributed by atoms with E-state index in [9.17, 15) is 30.5 Å². The van der Waals surface area contributed by atoms with Gasteiger partial charge in [-0.25, -0.2) is 4.39 Å². The van der Waals surface area contributed by atoms with E-state index in [4.69, 9.17) is 0 Å². The van der Waals surface area contributed by atoms with Crippen LogP contribution in [-0.2, 0) is 16.3 Å². The minimum Gasteiger partial charge on any atom is -0.384 e. The van der Waals surface area contributed by atoms with Gasteiger partial charge in [0.05, 0.1) is 11.3 Å². The molecule has 0 saturated heterocycles. The second-order valence-electron chi connectivity index (χ2n) is 7.80. The lowest BCUT2D eigenvalue weighted by atomic mass is 10.1. The Morgan fingerprint density at radius 1 is 0.879 bits per heavy atom. The van der Waals surface area contributed by atoms with E-state index in [0.29, 0.717) is 6.54 Å². The number of nitrogens with one attached hydrogen (secondary N) is 1. The zero-order valence-corrected chi connectivity index (χ0v) is 19.1. The van der Waals surface area contributed by atoms with E-state index in [1.807, 2.05) is 12.2 Å². The fraction of sp³-hybridized carbons (Fsp3) is 0.417. The van der Waals surface area contributed by atoms with Gasteiger partial charge in [-0.15, -0.1) is 0 Å². The molecular weight excluding hydrogens is 458 g/mol. The van der Waals surface area contributed by atoms with Crippen molar-refractivity contribution in [3.8, 4) is 0 Å². The SMILES string of the molecule is O=S(=O)(O)c1c(F)cccc1NCCCCCCCCC/C=C/c1ccc(C(F)(F)F)cc1. The number of hydrogen-bond acceptors (Lipinski definition) is 3. The average molecular weight is 488 g/mol. The van der Waals surface area contributed by atoms with Gasteiger partial charge >= 0.3 is 6.18 Å². The third-order valence-electron chi connectivity index (χ3n) is 5.14. The van der Waals surface area contributed by atoms with Crippen molar-refractivity contribution in [2.24, 2.45) is 0 Å². The average Bonchev–Trinajstić information content (AvgIpc) is 2.73. The monoisotopic (exact) mass is 487 g/mol. The zero-order valence-electron chi connectivity index (χ0n) is 18.2. The molecule has 0 aliphatic heterocycles. The van der Waals surface area contributed by atoms with E-state index in [2.05, 4.69) is 5.32 Å². The van der Waals surface area contributed by atoms with Gasteiger partial charge in [0.1, 0.15) is 5.82 Å². The highest BCUT2D eigenvalue weighted by molar-refractivity contribution is 7.86. The molecule has 4 nitrogen and oxygen atoms in total. The van der Waals surface area contributed by atoms with Gasteiger partial charge in [-0.1, -0.05) is 62.5 Å². The molecule has 0 unspecified atom stereocenters. The molecule has 0 aliphatic carbocycles. The van der Waals surface area contributed by atoms with E-state index < -0.39 is 32.6 Å². The molecule has 0 radical (unpaired) electrons. The Kier molecular flexibility index (Phi) is 10.4. The highest BCUT2D eigenvalue weighted by atomic mass is 32.2. The number of anilines is 1. The topological polar surface area (TPSA) is 66.4 Å². The van der Waals surface area contributed by atoms with Crippen molar-refractivity contribution in [1.29, 1.82) is 0 Å². The molecule has 33 heavy (non-hydrogen) atoms. The fourth-order valence-electron chi connectivity index (χ4n) is 3.41. The number of hydrogen-bond donors (Lipinski definition) is 2. The van der Waals surface area contributed by atoms with Crippen LogP contribution >= 0.6 is 0 Å². The van der Waals surface area contributed by atoms with Crippen LogP contribution in [0.5, 0.6) is 0 Å². The van der Waals surface area contributed by atoms with Crippen molar-refractivity contribution in [1.82, 2.24) is 0 Å². The third-order valence-corrected chi connectivity index (χ3v) is 6.07. The second-order valence-corrected chi connectivity index (χ2v) is 9.16. The first-order valence-corrected chi connectivity index (χ1v) is 12.4. The van der Waals surface area contributed by atoms with Crippen LogP contribution in [0.25, 0.3) is 6.08 Å². The van der Waals surface area contributed by atoms with Gasteiger partial charge in [0.25, 0.3) is 10.1 Å². The molecule has 2 N–H and O–H groups in total. The summed E-state index contributed by atoms with van der Waals surface area (Å²) in [5, 5.41) is 2.87. The normalized spacial score (nSPS) is 12.4. The lowest BCUT2D eigenvalue weighted by Gasteiger charge is -2.10. The van der Waals surface area contributed by atoms with Crippen LogP contribution in [0.4, 0.5) is 23.2 Å². The molecule has 0 heterocycles. The van der Waals surface area contributed by atoms with Crippen LogP contribution in [0.2, 0.25) is 0 Å². The van der Waals surface area contributed by atoms with Crippen molar-refractivity contribution in [3.05, 3.63) is 65.5 Å². The van der Waals surface area contributed by atoms with Crippen molar-refractivity contribution in [3.63, 3.8) is 0 Å². The lowest BCUT2D eigenvalue weighted by Crippen LogP contribution is -2.09. The van der Waals surface area contributed by atoms with Gasteiger partial charge in [-0.2, -0.15) is 21.6 Å².